The fraction of sp³-hybridized carbons (Fsp3) is 0.391. The Kier molecular flexibility index (Phi) is 6.98. The molecule has 154 valence electrons. The van der Waals surface area contributed by atoms with Crippen molar-refractivity contribution in [2.45, 2.75) is 38.0 Å². The number of nitrogens with two attached hydrogens (primary N) is 1. The molecule has 0 radical (unpaired) electrons. The zero-order valence-corrected chi connectivity index (χ0v) is 18.3. The highest BCUT2D eigenvalue weighted by Crippen LogP contribution is 2.50. The van der Waals surface area contributed by atoms with Crippen LogP contribution in [0, 0.1) is 6.92 Å². The molecular weight excluding hydrogens is 380 g/mol. The zero-order valence-electron chi connectivity index (χ0n) is 17.5. The lowest BCUT2D eigenvalue weighted by Crippen LogP contribution is -2.47. The van der Waals surface area contributed by atoms with Crippen molar-refractivity contribution in [2.75, 3.05) is 20.1 Å². The smallest absolute Gasteiger partial charge is 0.330 e. The van der Waals surface area contributed by atoms with Crippen molar-refractivity contribution in [1.82, 2.24) is 9.91 Å². The number of hydrogen-bond acceptors (Lipinski definition) is 4. The van der Waals surface area contributed by atoms with Gasteiger partial charge in [0.1, 0.15) is 9.91 Å². The van der Waals surface area contributed by atoms with Crippen molar-refractivity contribution in [3.8, 4) is 0 Å². The van der Waals surface area contributed by atoms with Crippen molar-refractivity contribution in [2.24, 2.45) is 10.8 Å². The fourth-order valence-corrected chi connectivity index (χ4v) is 5.00. The molecule has 0 aromatic heterocycles. The number of hydrogen-bond donors (Lipinski definition) is 1. The quantitative estimate of drug-likeness (QED) is 0.716. The molecular formula is C23H30N4OS. The monoisotopic (exact) mass is 410 g/mol. The van der Waals surface area contributed by atoms with E-state index in [2.05, 4.69) is 44.2 Å². The van der Waals surface area contributed by atoms with E-state index in [1.807, 2.05) is 31.3 Å². The Balaban J connectivity index is 2.10. The number of thioether (sulfide) groups is 1. The first-order chi connectivity index (χ1) is 14.0. The summed E-state index contributed by atoms with van der Waals surface area (Å²) >= 11 is 1.66. The van der Waals surface area contributed by atoms with Gasteiger partial charge in [-0.05, 0) is 44.4 Å². The molecule has 0 saturated heterocycles. The summed E-state index contributed by atoms with van der Waals surface area (Å²) in [7, 11) is 1.84. The number of urea groups is 1. The predicted molar refractivity (Wildman–Crippen MR) is 122 cm³/mol. The number of nitrogens with zero attached hydrogens (tertiary/aromatic N) is 3. The third kappa shape index (κ3) is 4.49. The van der Waals surface area contributed by atoms with Crippen LogP contribution in [0.2, 0.25) is 0 Å². The summed E-state index contributed by atoms with van der Waals surface area (Å²) in [6.45, 7) is 5.40. The Bertz CT molecular complexity index is 870. The maximum atomic E-state index is 13.4. The molecule has 2 N–H and O–H groups in total. The van der Waals surface area contributed by atoms with Crippen LogP contribution in [0.15, 0.2) is 59.7 Å². The van der Waals surface area contributed by atoms with Gasteiger partial charge < -0.3 is 10.6 Å². The highest BCUT2D eigenvalue weighted by Gasteiger charge is 2.48. The second-order valence-electron chi connectivity index (χ2n) is 7.44. The Morgan fingerprint density at radius 2 is 1.97 bits per heavy atom. The third-order valence-electron chi connectivity index (χ3n) is 5.07. The number of carbonyl (C=O) groups is 1. The number of rotatable bonds is 7. The molecule has 6 heteroatoms. The molecule has 0 spiro atoms. The molecule has 1 unspecified atom stereocenters. The van der Waals surface area contributed by atoms with Crippen molar-refractivity contribution in [3.05, 3.63) is 71.3 Å². The minimum absolute atomic E-state index is 0.0807. The van der Waals surface area contributed by atoms with E-state index in [0.717, 1.165) is 35.4 Å². The molecule has 0 fully saturated rings. The van der Waals surface area contributed by atoms with Crippen LogP contribution in [-0.2, 0) is 4.87 Å². The summed E-state index contributed by atoms with van der Waals surface area (Å²) in [6.07, 6.45) is 2.45. The van der Waals surface area contributed by atoms with E-state index < -0.39 is 4.87 Å². The average Bonchev–Trinajstić information content (AvgIpc) is 3.13. The molecule has 2 amide bonds. The van der Waals surface area contributed by atoms with Crippen LogP contribution in [0.4, 0.5) is 4.79 Å². The van der Waals surface area contributed by atoms with Crippen LogP contribution >= 0.6 is 11.8 Å². The van der Waals surface area contributed by atoms with Crippen LogP contribution in [0.1, 0.15) is 42.9 Å². The molecule has 1 heterocycles. The molecule has 0 aliphatic carbocycles. The summed E-state index contributed by atoms with van der Waals surface area (Å²) in [5.41, 5.74) is 9.16. The molecule has 2 aromatic rings. The molecule has 1 aliphatic rings. The summed E-state index contributed by atoms with van der Waals surface area (Å²) in [5.74, 6) is 0. The van der Waals surface area contributed by atoms with Crippen LogP contribution in [0.5, 0.6) is 0 Å². The van der Waals surface area contributed by atoms with Gasteiger partial charge in [0.15, 0.2) is 0 Å². The van der Waals surface area contributed by atoms with Gasteiger partial charge in [-0.25, -0.2) is 4.79 Å². The number of aryl methyl sites for hydroxylation is 1. The van der Waals surface area contributed by atoms with Gasteiger partial charge in [-0.3, -0.25) is 0 Å². The van der Waals surface area contributed by atoms with E-state index in [0.29, 0.717) is 13.1 Å². The highest BCUT2D eigenvalue weighted by atomic mass is 32.2. The van der Waals surface area contributed by atoms with Crippen LogP contribution in [0.3, 0.4) is 0 Å². The summed E-state index contributed by atoms with van der Waals surface area (Å²) in [5, 5.41) is 7.43. The van der Waals surface area contributed by atoms with Crippen LogP contribution in [-0.4, -0.2) is 41.1 Å². The first-order valence-electron chi connectivity index (χ1n) is 10.2. The molecule has 1 atom stereocenters. The van der Waals surface area contributed by atoms with E-state index in [4.69, 9.17) is 10.8 Å². The van der Waals surface area contributed by atoms with Crippen LogP contribution in [0.25, 0.3) is 0 Å². The molecule has 5 nitrogen and oxygen atoms in total. The van der Waals surface area contributed by atoms with Crippen molar-refractivity contribution in [1.29, 1.82) is 0 Å². The summed E-state index contributed by atoms with van der Waals surface area (Å²) < 4.78 is 0. The second kappa shape index (κ2) is 9.46. The lowest BCUT2D eigenvalue weighted by atomic mass is 10.0. The summed E-state index contributed by atoms with van der Waals surface area (Å²) in [4.78, 5) is 14.6. The van der Waals surface area contributed by atoms with Crippen molar-refractivity contribution < 1.29 is 4.79 Å². The topological polar surface area (TPSA) is 61.9 Å². The number of benzene rings is 2. The van der Waals surface area contributed by atoms with Gasteiger partial charge in [0.05, 0.1) is 0 Å². The lowest BCUT2D eigenvalue weighted by molar-refractivity contribution is 0.131. The predicted octanol–water partition coefficient (Wildman–Crippen LogP) is 4.76. The standard InChI is InChI=1S/C23H30N4OS/c1-4-16-26(3)22(28)27-23(14-9-15-24,20-12-6-5-7-13-20)29-21(25-27)19-11-8-10-18(2)17-19/h5-8,10-13,17H,4,9,14-16,24H2,1-3H3. The van der Waals surface area contributed by atoms with Crippen LogP contribution < -0.4 is 5.73 Å². The average molecular weight is 411 g/mol. The van der Waals surface area contributed by atoms with Gasteiger partial charge in [-0.15, -0.1) is 0 Å². The van der Waals surface area contributed by atoms with Crippen molar-refractivity contribution >= 4 is 22.8 Å². The van der Waals surface area contributed by atoms with Gasteiger partial charge in [0.25, 0.3) is 0 Å². The van der Waals surface area contributed by atoms with Gasteiger partial charge in [-0.2, -0.15) is 10.1 Å². The molecule has 2 aromatic carbocycles. The normalized spacial score (nSPS) is 18.6. The lowest BCUT2D eigenvalue weighted by Gasteiger charge is -2.37. The molecule has 29 heavy (non-hydrogen) atoms. The minimum atomic E-state index is -0.598. The molecule has 0 saturated carbocycles. The Morgan fingerprint density at radius 3 is 2.62 bits per heavy atom. The maximum Gasteiger partial charge on any atom is 0.341 e. The first kappa shape index (κ1) is 21.4. The summed E-state index contributed by atoms with van der Waals surface area (Å²) in [6, 6.07) is 18.4. The Hall–Kier alpha value is -2.31. The van der Waals surface area contributed by atoms with Gasteiger partial charge in [-0.1, -0.05) is 72.8 Å². The van der Waals surface area contributed by atoms with Crippen molar-refractivity contribution in [3.63, 3.8) is 0 Å². The Morgan fingerprint density at radius 1 is 1.21 bits per heavy atom. The number of carbonyl (C=O) groups excluding carboxylic acids is 1. The largest absolute Gasteiger partial charge is 0.341 e. The van der Waals surface area contributed by atoms with E-state index >= 15 is 0 Å². The fourth-order valence-electron chi connectivity index (χ4n) is 3.60. The second-order valence-corrected chi connectivity index (χ2v) is 8.70. The highest BCUT2D eigenvalue weighted by molar-refractivity contribution is 8.15. The van der Waals surface area contributed by atoms with E-state index in [1.165, 1.54) is 5.56 Å². The van der Waals surface area contributed by atoms with E-state index in [1.54, 1.807) is 21.7 Å². The molecule has 0 bridgehead atoms. The zero-order chi connectivity index (χ0) is 20.9. The Labute approximate surface area is 178 Å². The minimum Gasteiger partial charge on any atom is -0.330 e. The maximum absolute atomic E-state index is 13.4. The van der Waals surface area contributed by atoms with E-state index in [-0.39, 0.29) is 6.03 Å². The third-order valence-corrected chi connectivity index (χ3v) is 6.54. The number of amides is 2. The molecule has 3 rings (SSSR count). The van der Waals surface area contributed by atoms with Gasteiger partial charge in [0.2, 0.25) is 0 Å². The van der Waals surface area contributed by atoms with Gasteiger partial charge in [0, 0.05) is 19.2 Å². The molecule has 1 aliphatic heterocycles. The van der Waals surface area contributed by atoms with Gasteiger partial charge >= 0.3 is 6.03 Å². The first-order valence-corrected chi connectivity index (χ1v) is 11.0. The van der Waals surface area contributed by atoms with E-state index in [9.17, 15) is 4.79 Å². The number of hydrazone groups is 1. The SMILES string of the molecule is CCCN(C)C(=O)N1N=C(c2cccc(C)c2)SC1(CCCN)c1ccccc1.